The minimum atomic E-state index is -0.282. The summed E-state index contributed by atoms with van der Waals surface area (Å²) in [5, 5.41) is 18.2. The number of nitrogens with one attached hydrogen (secondary N) is 3. The Hall–Kier alpha value is -7.36. The second-order valence-corrected chi connectivity index (χ2v) is 14.9. The number of ether oxygens (including phenoxy) is 3. The molecule has 10 rings (SSSR count). The normalized spacial score (nSPS) is 12.7. The fourth-order valence-corrected chi connectivity index (χ4v) is 8.28. The smallest absolute Gasteiger partial charge is 0.256 e. The monoisotopic (exact) mass is 824 g/mol. The van der Waals surface area contributed by atoms with Gasteiger partial charge >= 0.3 is 0 Å². The van der Waals surface area contributed by atoms with Crippen molar-refractivity contribution in [1.82, 2.24) is 39.5 Å². The number of aromatic amines is 1. The van der Waals surface area contributed by atoms with Crippen molar-refractivity contribution >= 4 is 33.2 Å². The highest BCUT2D eigenvalue weighted by molar-refractivity contribution is 6.04. The van der Waals surface area contributed by atoms with Crippen molar-refractivity contribution in [3.05, 3.63) is 129 Å². The summed E-state index contributed by atoms with van der Waals surface area (Å²) in [5.41, 5.74) is 7.80. The maximum atomic E-state index is 14.6. The maximum Gasteiger partial charge on any atom is 0.256 e. The number of halogens is 2. The molecule has 2 aliphatic rings. The van der Waals surface area contributed by atoms with E-state index in [0.717, 1.165) is 61.7 Å². The number of fused-ring (bicyclic) bond motifs is 4. The number of benzene rings is 2. The number of hydrogen-bond acceptors (Lipinski definition) is 11. The van der Waals surface area contributed by atoms with Crippen LogP contribution < -0.4 is 30.4 Å². The Morgan fingerprint density at radius 3 is 1.77 bits per heavy atom. The van der Waals surface area contributed by atoms with E-state index in [1.54, 1.807) is 54.8 Å². The number of hydrogen-bond donors (Lipinski definition) is 3. The first-order valence-electron chi connectivity index (χ1n) is 19.8. The largest absolute Gasteiger partial charge is 0.493 e. The van der Waals surface area contributed by atoms with E-state index < -0.39 is 0 Å². The summed E-state index contributed by atoms with van der Waals surface area (Å²) in [6, 6.07) is 13.8. The molecule has 0 fully saturated rings. The maximum absolute atomic E-state index is 14.6. The van der Waals surface area contributed by atoms with Gasteiger partial charge in [0, 0.05) is 109 Å². The highest BCUT2D eigenvalue weighted by Crippen LogP contribution is 2.38. The minimum Gasteiger partial charge on any atom is -0.493 e. The molecule has 0 amide bonds. The Labute approximate surface area is 348 Å². The van der Waals surface area contributed by atoms with Crippen LogP contribution in [0.4, 0.5) is 20.4 Å². The Morgan fingerprint density at radius 1 is 0.738 bits per heavy atom. The Bertz CT molecular complexity index is 3050. The summed E-state index contributed by atoms with van der Waals surface area (Å²) in [6.07, 6.45) is 8.09. The molecule has 2 aliphatic heterocycles. The van der Waals surface area contributed by atoms with Crippen molar-refractivity contribution in [3.63, 3.8) is 0 Å². The molecule has 16 heteroatoms. The second kappa shape index (κ2) is 16.0. The summed E-state index contributed by atoms with van der Waals surface area (Å²) in [5.74, 6) is 2.60. The second-order valence-electron chi connectivity index (χ2n) is 14.9. The van der Waals surface area contributed by atoms with Crippen molar-refractivity contribution in [1.29, 1.82) is 0 Å². The fourth-order valence-electron chi connectivity index (χ4n) is 8.28. The van der Waals surface area contributed by atoms with Crippen LogP contribution >= 0.6 is 0 Å². The fraction of sp³-hybridized carbons (Fsp3) is 0.244. The molecule has 6 aromatic heterocycles. The topological polar surface area (TPSA) is 159 Å². The standard InChI is InChI=1S/C23H22FN5O2.C22H20FN5O2/c1-13-10-19(29(2)28-13)17-12-27-22(15-6-8-25-23(30-3)21(15)17)26-11-16-14-7-9-31-20(14)5-4-18(16)24;1-12-9-18(28(2)27-12)16-11-26-21(14-5-7-24-22(29)20(14)16)25-10-15-13-6-8-30-19(13)4-3-17(15)23/h4-6,8,10,12H,7,9,11H2,1-3H3,(H,26,27);3-5,7,9,11H,6,8,10H2,1-2H3,(H,24,29)(H,25,26). The third-order valence-electron chi connectivity index (χ3n) is 11.1. The quantitative estimate of drug-likeness (QED) is 0.134. The van der Waals surface area contributed by atoms with Crippen LogP contribution in [-0.4, -0.2) is 59.8 Å². The van der Waals surface area contributed by atoms with Gasteiger partial charge in [0.15, 0.2) is 0 Å². The number of aryl methyl sites for hydroxylation is 4. The Morgan fingerprint density at radius 2 is 1.26 bits per heavy atom. The van der Waals surface area contributed by atoms with Crippen LogP contribution in [0.15, 0.2) is 78.1 Å². The van der Waals surface area contributed by atoms with E-state index in [1.165, 1.54) is 12.1 Å². The van der Waals surface area contributed by atoms with Crippen LogP contribution in [0.5, 0.6) is 17.4 Å². The van der Waals surface area contributed by atoms with E-state index in [2.05, 4.69) is 40.8 Å². The lowest BCUT2D eigenvalue weighted by molar-refractivity contribution is 0.356. The summed E-state index contributed by atoms with van der Waals surface area (Å²) < 4.78 is 49.3. The van der Waals surface area contributed by atoms with Gasteiger partial charge in [-0.05, 0) is 62.4 Å². The highest BCUT2D eigenvalue weighted by Gasteiger charge is 2.23. The van der Waals surface area contributed by atoms with Gasteiger partial charge in [0.2, 0.25) is 5.88 Å². The lowest BCUT2D eigenvalue weighted by Crippen LogP contribution is -2.11. The molecule has 0 aliphatic carbocycles. The predicted octanol–water partition coefficient (Wildman–Crippen LogP) is 7.35. The molecule has 310 valence electrons. The SMILES string of the molecule is COc1nccc2c(NCc3c(F)ccc4c3CCO4)ncc(-c3cc(C)nn3C)c12.Cc1cc(-c2cnc(NCc3c(F)ccc4c3CCO4)c3cc[nH]c(=O)c23)n(C)n1. The number of rotatable bonds is 9. The van der Waals surface area contributed by atoms with E-state index in [-0.39, 0.29) is 23.7 Å². The summed E-state index contributed by atoms with van der Waals surface area (Å²) in [6.45, 7) is 5.53. The van der Waals surface area contributed by atoms with E-state index in [9.17, 15) is 13.6 Å². The lowest BCUT2D eigenvalue weighted by Gasteiger charge is -2.15. The molecule has 3 N–H and O–H groups in total. The van der Waals surface area contributed by atoms with Crippen molar-refractivity contribution in [3.8, 4) is 39.9 Å². The van der Waals surface area contributed by atoms with Gasteiger partial charge in [0.05, 0.1) is 53.9 Å². The zero-order valence-electron chi connectivity index (χ0n) is 34.2. The molecule has 0 unspecified atom stereocenters. The molecule has 14 nitrogen and oxygen atoms in total. The molecule has 0 radical (unpaired) electrons. The predicted molar refractivity (Wildman–Crippen MR) is 228 cm³/mol. The van der Waals surface area contributed by atoms with Gasteiger partial charge in [0.25, 0.3) is 5.56 Å². The van der Waals surface area contributed by atoms with Crippen LogP contribution in [0.2, 0.25) is 0 Å². The molecule has 2 aromatic carbocycles. The van der Waals surface area contributed by atoms with E-state index >= 15 is 0 Å². The molecule has 0 bridgehead atoms. The first-order chi connectivity index (χ1) is 29.6. The molecular formula is C45H42F2N10O4. The third-order valence-corrected chi connectivity index (χ3v) is 11.1. The number of methoxy groups -OCH3 is 1. The zero-order valence-corrected chi connectivity index (χ0v) is 34.2. The van der Waals surface area contributed by atoms with Gasteiger partial charge < -0.3 is 29.8 Å². The average molecular weight is 825 g/mol. The highest BCUT2D eigenvalue weighted by atomic mass is 19.1. The first kappa shape index (κ1) is 39.1. The van der Waals surface area contributed by atoms with Crippen LogP contribution in [0, 0.1) is 25.5 Å². The van der Waals surface area contributed by atoms with Crippen LogP contribution in [0.25, 0.3) is 44.1 Å². The Balaban J connectivity index is 0.000000156. The minimum absolute atomic E-state index is 0.216. The van der Waals surface area contributed by atoms with Crippen LogP contribution in [-0.2, 0) is 40.0 Å². The van der Waals surface area contributed by atoms with Gasteiger partial charge in [0.1, 0.15) is 34.8 Å². The van der Waals surface area contributed by atoms with Crippen molar-refractivity contribution < 1.29 is 23.0 Å². The van der Waals surface area contributed by atoms with Crippen LogP contribution in [0.1, 0.15) is 33.6 Å². The van der Waals surface area contributed by atoms with Gasteiger partial charge in [-0.15, -0.1) is 0 Å². The molecule has 61 heavy (non-hydrogen) atoms. The number of nitrogens with zero attached hydrogens (tertiary/aromatic N) is 7. The summed E-state index contributed by atoms with van der Waals surface area (Å²) in [4.78, 5) is 29.0. The van der Waals surface area contributed by atoms with Gasteiger partial charge in [-0.2, -0.15) is 10.2 Å². The molecule has 8 heterocycles. The number of pyridine rings is 4. The summed E-state index contributed by atoms with van der Waals surface area (Å²) >= 11 is 0. The van der Waals surface area contributed by atoms with E-state index in [1.807, 2.05) is 50.8 Å². The molecular weight excluding hydrogens is 783 g/mol. The van der Waals surface area contributed by atoms with Gasteiger partial charge in [-0.1, -0.05) is 0 Å². The number of anilines is 2. The molecule has 8 aromatic rings. The first-order valence-corrected chi connectivity index (χ1v) is 19.8. The van der Waals surface area contributed by atoms with Crippen molar-refractivity contribution in [2.24, 2.45) is 14.1 Å². The van der Waals surface area contributed by atoms with Gasteiger partial charge in [-0.25, -0.2) is 23.7 Å². The molecule has 0 spiro atoms. The average Bonchev–Trinajstić information content (AvgIpc) is 4.07. The lowest BCUT2D eigenvalue weighted by atomic mass is 10.0. The van der Waals surface area contributed by atoms with Crippen molar-refractivity contribution in [2.75, 3.05) is 31.0 Å². The van der Waals surface area contributed by atoms with Gasteiger partial charge in [-0.3, -0.25) is 14.2 Å². The summed E-state index contributed by atoms with van der Waals surface area (Å²) in [7, 11) is 5.32. The number of aromatic nitrogens is 8. The van der Waals surface area contributed by atoms with E-state index in [0.29, 0.717) is 77.6 Å². The number of H-pyrrole nitrogens is 1. The molecule has 0 saturated carbocycles. The third kappa shape index (κ3) is 7.23. The van der Waals surface area contributed by atoms with E-state index in [4.69, 9.17) is 14.2 Å². The molecule has 0 saturated heterocycles. The van der Waals surface area contributed by atoms with Crippen molar-refractivity contribution in [2.45, 2.75) is 39.8 Å². The zero-order chi connectivity index (χ0) is 42.4. The molecule has 0 atom stereocenters. The van der Waals surface area contributed by atoms with Crippen LogP contribution in [0.3, 0.4) is 0 Å². The Kier molecular flexibility index (Phi) is 10.3.